The van der Waals surface area contributed by atoms with E-state index < -0.39 is 0 Å². The minimum absolute atomic E-state index is 0.846. The minimum Gasteiger partial charge on any atom is -0.385 e. The maximum absolute atomic E-state index is 4.18. The second-order valence-corrected chi connectivity index (χ2v) is 5.23. The molecule has 0 unspecified atom stereocenters. The van der Waals surface area contributed by atoms with Gasteiger partial charge in [0.2, 0.25) is 0 Å². The van der Waals surface area contributed by atoms with Gasteiger partial charge in [-0.1, -0.05) is 6.07 Å². The summed E-state index contributed by atoms with van der Waals surface area (Å²) in [5.41, 5.74) is 4.02. The van der Waals surface area contributed by atoms with Crippen LogP contribution in [0.4, 0.5) is 11.4 Å². The van der Waals surface area contributed by atoms with Crippen molar-refractivity contribution in [2.75, 3.05) is 23.3 Å². The second-order valence-electron chi connectivity index (χ2n) is 5.23. The summed E-state index contributed by atoms with van der Waals surface area (Å²) >= 11 is 0. The van der Waals surface area contributed by atoms with Crippen molar-refractivity contribution in [1.29, 1.82) is 0 Å². The summed E-state index contributed by atoms with van der Waals surface area (Å²) in [5, 5.41) is 11.6. The van der Waals surface area contributed by atoms with Gasteiger partial charge in [0.1, 0.15) is 6.33 Å². The van der Waals surface area contributed by atoms with Crippen molar-refractivity contribution in [1.82, 2.24) is 14.8 Å². The number of hydrogen-bond acceptors (Lipinski definition) is 4. The van der Waals surface area contributed by atoms with Crippen LogP contribution < -0.4 is 10.2 Å². The monoisotopic (exact) mass is 255 g/mol. The molecular formula is C14H17N5. The van der Waals surface area contributed by atoms with E-state index in [-0.39, 0.29) is 0 Å². The average Bonchev–Trinajstić information content (AvgIpc) is 2.94. The average molecular weight is 255 g/mol. The molecule has 1 aromatic carbocycles. The first-order valence-corrected chi connectivity index (χ1v) is 6.88. The molecule has 0 radical (unpaired) electrons. The van der Waals surface area contributed by atoms with E-state index in [1.54, 1.807) is 0 Å². The first-order valence-electron chi connectivity index (χ1n) is 6.88. The number of rotatable bonds is 1. The molecule has 5 heteroatoms. The molecule has 0 aliphatic carbocycles. The van der Waals surface area contributed by atoms with Gasteiger partial charge in [-0.15, -0.1) is 10.2 Å². The number of aryl methyl sites for hydroxylation is 1. The van der Waals surface area contributed by atoms with Gasteiger partial charge < -0.3 is 14.8 Å². The summed E-state index contributed by atoms with van der Waals surface area (Å²) in [4.78, 5) is 2.38. The minimum atomic E-state index is 0.846. The summed E-state index contributed by atoms with van der Waals surface area (Å²) < 4.78 is 2.13. The van der Waals surface area contributed by atoms with E-state index in [4.69, 9.17) is 0 Å². The highest BCUT2D eigenvalue weighted by Crippen LogP contribution is 2.28. The first-order chi connectivity index (χ1) is 9.40. The highest BCUT2D eigenvalue weighted by atomic mass is 15.3. The molecule has 3 heterocycles. The lowest BCUT2D eigenvalue weighted by Gasteiger charge is -2.30. The molecule has 0 saturated carbocycles. The summed E-state index contributed by atoms with van der Waals surface area (Å²) in [5.74, 6) is 1.05. The van der Waals surface area contributed by atoms with E-state index in [1.165, 1.54) is 29.8 Å². The lowest BCUT2D eigenvalue weighted by atomic mass is 10.0. The van der Waals surface area contributed by atoms with Crippen molar-refractivity contribution in [2.24, 2.45) is 0 Å². The molecule has 4 rings (SSSR count). The Hall–Kier alpha value is -2.04. The number of nitrogens with one attached hydrogen (secondary N) is 1. The Bertz CT molecular complexity index is 604. The van der Waals surface area contributed by atoms with Gasteiger partial charge in [-0.25, -0.2) is 0 Å². The summed E-state index contributed by atoms with van der Waals surface area (Å²) in [6.45, 7) is 3.92. The zero-order valence-corrected chi connectivity index (χ0v) is 10.8. The van der Waals surface area contributed by atoms with Crippen LogP contribution in [0.2, 0.25) is 0 Å². The van der Waals surface area contributed by atoms with E-state index in [0.717, 1.165) is 32.0 Å². The fourth-order valence-corrected chi connectivity index (χ4v) is 2.93. The number of aromatic nitrogens is 3. The molecule has 0 amide bonds. The second kappa shape index (κ2) is 4.26. The molecule has 2 aliphatic heterocycles. The van der Waals surface area contributed by atoms with E-state index in [2.05, 4.69) is 43.2 Å². The molecule has 0 spiro atoms. The Kier molecular flexibility index (Phi) is 2.43. The Labute approximate surface area is 112 Å². The van der Waals surface area contributed by atoms with Crippen LogP contribution in [0.5, 0.6) is 0 Å². The molecule has 2 aromatic rings. The van der Waals surface area contributed by atoms with Crippen molar-refractivity contribution in [2.45, 2.75) is 25.9 Å². The normalized spacial score (nSPS) is 17.6. The van der Waals surface area contributed by atoms with Crippen LogP contribution in [0.15, 0.2) is 24.5 Å². The summed E-state index contributed by atoms with van der Waals surface area (Å²) in [6, 6.07) is 6.77. The van der Waals surface area contributed by atoms with Crippen LogP contribution in [0.25, 0.3) is 0 Å². The van der Waals surface area contributed by atoms with Crippen LogP contribution >= 0.6 is 0 Å². The van der Waals surface area contributed by atoms with Crippen LogP contribution in [-0.2, 0) is 19.5 Å². The molecule has 98 valence electrons. The standard InChI is InChI=1S/C14H17N5/c1-2-11-3-4-12(8-13(11)15-5-1)18-6-7-19-10-16-17-14(19)9-18/h3-4,8,10,15H,1-2,5-7,9H2. The van der Waals surface area contributed by atoms with Gasteiger partial charge in [0.25, 0.3) is 0 Å². The first kappa shape index (κ1) is 10.8. The number of anilines is 2. The number of benzene rings is 1. The maximum atomic E-state index is 4.18. The molecule has 5 nitrogen and oxygen atoms in total. The van der Waals surface area contributed by atoms with Crippen molar-refractivity contribution in [3.05, 3.63) is 35.9 Å². The largest absolute Gasteiger partial charge is 0.385 e. The Morgan fingerprint density at radius 3 is 3.21 bits per heavy atom. The van der Waals surface area contributed by atoms with E-state index >= 15 is 0 Å². The molecule has 2 aliphatic rings. The molecule has 0 atom stereocenters. The topological polar surface area (TPSA) is 46.0 Å². The van der Waals surface area contributed by atoms with Crippen molar-refractivity contribution in [3.63, 3.8) is 0 Å². The fourth-order valence-electron chi connectivity index (χ4n) is 2.93. The smallest absolute Gasteiger partial charge is 0.152 e. The zero-order valence-electron chi connectivity index (χ0n) is 10.8. The van der Waals surface area contributed by atoms with Crippen molar-refractivity contribution >= 4 is 11.4 Å². The zero-order chi connectivity index (χ0) is 12.7. The molecule has 1 N–H and O–H groups in total. The predicted molar refractivity (Wildman–Crippen MR) is 74.3 cm³/mol. The van der Waals surface area contributed by atoms with Crippen molar-refractivity contribution < 1.29 is 0 Å². The van der Waals surface area contributed by atoms with Gasteiger partial charge in [-0.2, -0.15) is 0 Å². The quantitative estimate of drug-likeness (QED) is 0.841. The summed E-state index contributed by atoms with van der Waals surface area (Å²) in [7, 11) is 0. The van der Waals surface area contributed by atoms with Gasteiger partial charge >= 0.3 is 0 Å². The molecule has 0 fully saturated rings. The van der Waals surface area contributed by atoms with Gasteiger partial charge in [0, 0.05) is 31.0 Å². The van der Waals surface area contributed by atoms with Gasteiger partial charge in [-0.3, -0.25) is 0 Å². The van der Waals surface area contributed by atoms with Crippen LogP contribution in [0.1, 0.15) is 17.8 Å². The van der Waals surface area contributed by atoms with Crippen LogP contribution in [0.3, 0.4) is 0 Å². The van der Waals surface area contributed by atoms with Gasteiger partial charge in [0.15, 0.2) is 5.82 Å². The van der Waals surface area contributed by atoms with Crippen molar-refractivity contribution in [3.8, 4) is 0 Å². The number of nitrogens with zero attached hydrogens (tertiary/aromatic N) is 4. The Morgan fingerprint density at radius 2 is 2.21 bits per heavy atom. The number of fused-ring (bicyclic) bond motifs is 2. The SMILES string of the molecule is c1cc2c(cc1N1CCn3cnnc3C1)NCCC2. The highest BCUT2D eigenvalue weighted by molar-refractivity contribution is 5.63. The van der Waals surface area contributed by atoms with Gasteiger partial charge in [0.05, 0.1) is 6.54 Å². The van der Waals surface area contributed by atoms with E-state index in [1.807, 2.05) is 6.33 Å². The third kappa shape index (κ3) is 1.85. The van der Waals surface area contributed by atoms with Gasteiger partial charge in [-0.05, 0) is 30.5 Å². The Balaban J connectivity index is 1.63. The number of hydrogen-bond donors (Lipinski definition) is 1. The Morgan fingerprint density at radius 1 is 1.21 bits per heavy atom. The summed E-state index contributed by atoms with van der Waals surface area (Å²) in [6.07, 6.45) is 4.25. The van der Waals surface area contributed by atoms with E-state index in [9.17, 15) is 0 Å². The van der Waals surface area contributed by atoms with Crippen LogP contribution in [-0.4, -0.2) is 27.9 Å². The molecular weight excluding hydrogens is 238 g/mol. The van der Waals surface area contributed by atoms with E-state index in [0.29, 0.717) is 0 Å². The third-order valence-corrected chi connectivity index (χ3v) is 4.04. The third-order valence-electron chi connectivity index (χ3n) is 4.04. The lowest BCUT2D eigenvalue weighted by Crippen LogP contribution is -2.33. The lowest BCUT2D eigenvalue weighted by molar-refractivity contribution is 0.560. The predicted octanol–water partition coefficient (Wildman–Crippen LogP) is 1.66. The molecule has 19 heavy (non-hydrogen) atoms. The van der Waals surface area contributed by atoms with Crippen LogP contribution in [0, 0.1) is 0 Å². The maximum Gasteiger partial charge on any atom is 0.152 e. The molecule has 0 bridgehead atoms. The fraction of sp³-hybridized carbons (Fsp3) is 0.429. The highest BCUT2D eigenvalue weighted by Gasteiger charge is 2.19. The molecule has 1 aromatic heterocycles. The molecule has 0 saturated heterocycles.